The van der Waals surface area contributed by atoms with Gasteiger partial charge in [-0.2, -0.15) is 0 Å². The lowest BCUT2D eigenvalue weighted by atomic mass is 10.0. The van der Waals surface area contributed by atoms with Crippen LogP contribution in [-0.4, -0.2) is 31.7 Å². The molecule has 64 valence electrons. The van der Waals surface area contributed by atoms with Crippen LogP contribution >= 0.6 is 0 Å². The first-order valence-electron chi connectivity index (χ1n) is 3.65. The molecule has 0 atom stereocenters. The Morgan fingerprint density at radius 3 is 1.73 bits per heavy atom. The molecule has 0 spiro atoms. The van der Waals surface area contributed by atoms with Gasteiger partial charge in [-0.1, -0.05) is 13.2 Å². The summed E-state index contributed by atoms with van der Waals surface area (Å²) in [4.78, 5) is 0. The topological polar surface area (TPSA) is 0 Å². The maximum atomic E-state index is 3.98. The largest absolute Gasteiger partial charge is 1.00 e. The SMILES string of the molecule is C=C1CC(=C)C[N+](C)(C)C1.[Cl-]. The standard InChI is InChI=1S/C9H16N.ClH/c1-8-5-9(2)7-10(3,4)6-8;/h1-2,5-7H2,3-4H3;1H/q+1;/p-1. The van der Waals surface area contributed by atoms with E-state index in [9.17, 15) is 0 Å². The van der Waals surface area contributed by atoms with Crippen LogP contribution in [0.25, 0.3) is 0 Å². The number of hydrogen-bond acceptors (Lipinski definition) is 0. The highest BCUT2D eigenvalue weighted by molar-refractivity contribution is 5.13. The highest BCUT2D eigenvalue weighted by Crippen LogP contribution is 2.20. The molecule has 1 fully saturated rings. The van der Waals surface area contributed by atoms with E-state index in [4.69, 9.17) is 0 Å². The van der Waals surface area contributed by atoms with Crippen molar-refractivity contribution in [1.29, 1.82) is 0 Å². The highest BCUT2D eigenvalue weighted by Gasteiger charge is 2.23. The van der Waals surface area contributed by atoms with Crippen molar-refractivity contribution in [2.45, 2.75) is 6.42 Å². The van der Waals surface area contributed by atoms with E-state index in [2.05, 4.69) is 27.3 Å². The lowest BCUT2D eigenvalue weighted by Crippen LogP contribution is -3.00. The molecule has 1 aliphatic rings. The third-order valence-corrected chi connectivity index (χ3v) is 1.80. The van der Waals surface area contributed by atoms with E-state index in [0.29, 0.717) is 0 Å². The summed E-state index contributed by atoms with van der Waals surface area (Å²) in [6, 6.07) is 0. The lowest BCUT2D eigenvalue weighted by Gasteiger charge is -2.35. The molecule has 1 saturated heterocycles. The van der Waals surface area contributed by atoms with Crippen molar-refractivity contribution in [2.75, 3.05) is 27.2 Å². The van der Waals surface area contributed by atoms with Crippen LogP contribution < -0.4 is 12.4 Å². The number of nitrogens with zero attached hydrogens (tertiary/aromatic N) is 1. The van der Waals surface area contributed by atoms with Gasteiger partial charge in [0, 0.05) is 0 Å². The number of likely N-dealkylation sites (tertiary alicyclic amines) is 1. The van der Waals surface area contributed by atoms with E-state index in [-0.39, 0.29) is 12.4 Å². The highest BCUT2D eigenvalue weighted by atomic mass is 35.5. The van der Waals surface area contributed by atoms with E-state index in [1.54, 1.807) is 0 Å². The Morgan fingerprint density at radius 2 is 1.45 bits per heavy atom. The number of hydrogen-bond donors (Lipinski definition) is 0. The van der Waals surface area contributed by atoms with Gasteiger partial charge in [0.1, 0.15) is 13.1 Å². The van der Waals surface area contributed by atoms with E-state index < -0.39 is 0 Å². The number of piperidine rings is 1. The van der Waals surface area contributed by atoms with Gasteiger partial charge in [0.05, 0.1) is 14.1 Å². The molecule has 0 unspecified atom stereocenters. The predicted octanol–water partition coefficient (Wildman–Crippen LogP) is -1.42. The number of quaternary nitrogens is 1. The first-order chi connectivity index (χ1) is 4.49. The third-order valence-electron chi connectivity index (χ3n) is 1.80. The second-order valence-electron chi connectivity index (χ2n) is 3.93. The molecule has 0 aliphatic carbocycles. The second kappa shape index (κ2) is 3.42. The molecule has 0 N–H and O–H groups in total. The van der Waals surface area contributed by atoms with Crippen LogP contribution in [0.2, 0.25) is 0 Å². The minimum atomic E-state index is 0. The van der Waals surface area contributed by atoms with Gasteiger partial charge >= 0.3 is 0 Å². The van der Waals surface area contributed by atoms with Crippen LogP contribution in [0.4, 0.5) is 0 Å². The Labute approximate surface area is 75.4 Å². The zero-order valence-corrected chi connectivity index (χ0v) is 8.12. The summed E-state index contributed by atoms with van der Waals surface area (Å²) in [6.45, 7) is 10.2. The molecule has 0 aromatic carbocycles. The fourth-order valence-corrected chi connectivity index (χ4v) is 1.73. The molecule has 0 amide bonds. The first kappa shape index (κ1) is 10.7. The van der Waals surface area contributed by atoms with Gasteiger partial charge < -0.3 is 16.9 Å². The first-order valence-corrected chi connectivity index (χ1v) is 3.65. The molecular formula is C9H16ClN. The molecule has 0 aromatic rings. The van der Waals surface area contributed by atoms with Gasteiger partial charge in [-0.3, -0.25) is 0 Å². The number of rotatable bonds is 0. The van der Waals surface area contributed by atoms with Crippen molar-refractivity contribution in [3.05, 3.63) is 24.3 Å². The number of likely N-dealkylation sites (N-methyl/N-ethyl adjacent to an activating group) is 1. The molecule has 0 aromatic heterocycles. The maximum absolute atomic E-state index is 3.98. The molecule has 1 nitrogen and oxygen atoms in total. The van der Waals surface area contributed by atoms with Crippen molar-refractivity contribution >= 4 is 0 Å². The fourth-order valence-electron chi connectivity index (χ4n) is 1.73. The van der Waals surface area contributed by atoms with Crippen LogP contribution in [0.5, 0.6) is 0 Å². The molecule has 1 rings (SSSR count). The van der Waals surface area contributed by atoms with Crippen molar-refractivity contribution in [2.24, 2.45) is 0 Å². The fraction of sp³-hybridized carbons (Fsp3) is 0.556. The molecule has 2 heteroatoms. The molecule has 0 saturated carbocycles. The summed E-state index contributed by atoms with van der Waals surface area (Å²) in [5.41, 5.74) is 2.64. The predicted molar refractivity (Wildman–Crippen MR) is 44.7 cm³/mol. The van der Waals surface area contributed by atoms with E-state index in [0.717, 1.165) is 24.0 Å². The summed E-state index contributed by atoms with van der Waals surface area (Å²) in [7, 11) is 4.44. The second-order valence-corrected chi connectivity index (χ2v) is 3.93. The van der Waals surface area contributed by atoms with E-state index >= 15 is 0 Å². The lowest BCUT2D eigenvalue weighted by molar-refractivity contribution is -0.883. The van der Waals surface area contributed by atoms with Crippen LogP contribution in [-0.2, 0) is 0 Å². The normalized spacial score (nSPS) is 22.7. The van der Waals surface area contributed by atoms with Gasteiger partial charge in [0.2, 0.25) is 0 Å². The molecular weight excluding hydrogens is 158 g/mol. The summed E-state index contributed by atoms with van der Waals surface area (Å²) in [5.74, 6) is 0. The van der Waals surface area contributed by atoms with Crippen molar-refractivity contribution in [1.82, 2.24) is 0 Å². The van der Waals surface area contributed by atoms with Gasteiger partial charge in [-0.05, 0) is 17.6 Å². The minimum Gasteiger partial charge on any atom is -1.00 e. The van der Waals surface area contributed by atoms with Gasteiger partial charge in [-0.25, -0.2) is 0 Å². The average Bonchev–Trinajstić information content (AvgIpc) is 1.54. The van der Waals surface area contributed by atoms with Gasteiger partial charge in [-0.15, -0.1) is 0 Å². The smallest absolute Gasteiger partial charge is 0.100 e. The van der Waals surface area contributed by atoms with Crippen LogP contribution in [0.15, 0.2) is 24.3 Å². The Balaban J connectivity index is 0.000001000. The molecule has 0 radical (unpaired) electrons. The monoisotopic (exact) mass is 173 g/mol. The Bertz CT molecular complexity index is 164. The van der Waals surface area contributed by atoms with Crippen molar-refractivity contribution < 1.29 is 16.9 Å². The van der Waals surface area contributed by atoms with Gasteiger partial charge in [0.15, 0.2) is 0 Å². The van der Waals surface area contributed by atoms with E-state index in [1.165, 1.54) is 11.1 Å². The van der Waals surface area contributed by atoms with Crippen molar-refractivity contribution in [3.63, 3.8) is 0 Å². The third kappa shape index (κ3) is 3.08. The van der Waals surface area contributed by atoms with Crippen LogP contribution in [0.3, 0.4) is 0 Å². The molecule has 0 bridgehead atoms. The van der Waals surface area contributed by atoms with Crippen molar-refractivity contribution in [3.8, 4) is 0 Å². The summed E-state index contributed by atoms with van der Waals surface area (Å²) < 4.78 is 1.03. The van der Waals surface area contributed by atoms with E-state index in [1.807, 2.05) is 0 Å². The molecule has 11 heavy (non-hydrogen) atoms. The van der Waals surface area contributed by atoms with Gasteiger partial charge in [0.25, 0.3) is 0 Å². The minimum absolute atomic E-state index is 0. The number of halogens is 1. The Morgan fingerprint density at radius 1 is 1.09 bits per heavy atom. The zero-order valence-electron chi connectivity index (χ0n) is 7.36. The Kier molecular flexibility index (Phi) is 3.33. The zero-order chi connectivity index (χ0) is 7.78. The summed E-state index contributed by atoms with van der Waals surface area (Å²) >= 11 is 0. The van der Waals surface area contributed by atoms with Crippen LogP contribution in [0.1, 0.15) is 6.42 Å². The Hall–Kier alpha value is -0.270. The van der Waals surface area contributed by atoms with Crippen LogP contribution in [0, 0.1) is 0 Å². The average molecular weight is 174 g/mol. The quantitative estimate of drug-likeness (QED) is 0.312. The summed E-state index contributed by atoms with van der Waals surface area (Å²) in [6.07, 6.45) is 1.04. The molecule has 1 aliphatic heterocycles. The molecule has 1 heterocycles. The maximum Gasteiger partial charge on any atom is 0.100 e. The summed E-state index contributed by atoms with van der Waals surface area (Å²) in [5, 5.41) is 0.